The summed E-state index contributed by atoms with van der Waals surface area (Å²) in [6, 6.07) is 7.56. The van der Waals surface area contributed by atoms with Crippen molar-refractivity contribution in [2.45, 2.75) is 24.8 Å². The van der Waals surface area contributed by atoms with Crippen molar-refractivity contribution in [1.29, 1.82) is 0 Å². The summed E-state index contributed by atoms with van der Waals surface area (Å²) < 4.78 is 10.1. The molecule has 0 fully saturated rings. The highest BCUT2D eigenvalue weighted by molar-refractivity contribution is 8.00. The molecular formula is C20H25ClN2O4S2. The molecule has 0 bridgehead atoms. The van der Waals surface area contributed by atoms with E-state index in [-0.39, 0.29) is 30.0 Å². The lowest BCUT2D eigenvalue weighted by Gasteiger charge is -2.25. The Kier molecular flexibility index (Phi) is 8.82. The zero-order chi connectivity index (χ0) is 20.1. The van der Waals surface area contributed by atoms with Crippen LogP contribution in [0.2, 0.25) is 0 Å². The lowest BCUT2D eigenvalue weighted by Crippen LogP contribution is -2.30. The van der Waals surface area contributed by atoms with Gasteiger partial charge in [0.1, 0.15) is 10.8 Å². The van der Waals surface area contributed by atoms with Gasteiger partial charge in [-0.1, -0.05) is 6.92 Å². The number of fused-ring (bicyclic) bond motifs is 1. The number of hydrogen-bond acceptors (Lipinski definition) is 7. The topological polar surface area (TPSA) is 67.9 Å². The summed E-state index contributed by atoms with van der Waals surface area (Å²) in [5.74, 6) is 0.510. The van der Waals surface area contributed by atoms with Gasteiger partial charge in [-0.05, 0) is 42.8 Å². The smallest absolute Gasteiger partial charge is 0.341 e. The van der Waals surface area contributed by atoms with Crippen LogP contribution in [0.1, 0.15) is 27.7 Å². The first-order valence-corrected chi connectivity index (χ1v) is 10.9. The molecule has 1 N–H and O–H groups in total. The molecule has 1 amide bonds. The summed E-state index contributed by atoms with van der Waals surface area (Å²) >= 11 is 2.92. The molecule has 6 nitrogen and oxygen atoms in total. The fourth-order valence-corrected chi connectivity index (χ4v) is 5.11. The van der Waals surface area contributed by atoms with E-state index < -0.39 is 0 Å². The predicted molar refractivity (Wildman–Crippen MR) is 120 cm³/mol. The van der Waals surface area contributed by atoms with E-state index in [1.165, 1.54) is 30.2 Å². The second kappa shape index (κ2) is 10.9. The maximum absolute atomic E-state index is 12.5. The van der Waals surface area contributed by atoms with E-state index in [4.69, 9.17) is 9.47 Å². The molecule has 1 aliphatic rings. The number of methoxy groups -OCH3 is 2. The van der Waals surface area contributed by atoms with Crippen molar-refractivity contribution in [3.05, 3.63) is 40.3 Å². The molecule has 0 spiro atoms. The van der Waals surface area contributed by atoms with Gasteiger partial charge in [0.05, 0.1) is 25.5 Å². The van der Waals surface area contributed by atoms with Gasteiger partial charge in [-0.15, -0.1) is 35.5 Å². The molecule has 0 aliphatic carbocycles. The molecule has 1 aliphatic heterocycles. The van der Waals surface area contributed by atoms with Gasteiger partial charge in [0.2, 0.25) is 5.91 Å². The Hall–Kier alpha value is -1.74. The summed E-state index contributed by atoms with van der Waals surface area (Å²) in [5.41, 5.74) is 1.53. The minimum Gasteiger partial charge on any atom is -0.497 e. The quantitative estimate of drug-likeness (QED) is 0.500. The van der Waals surface area contributed by atoms with Gasteiger partial charge in [0.25, 0.3) is 0 Å². The molecule has 2 heterocycles. The molecule has 1 aromatic heterocycles. The first-order valence-electron chi connectivity index (χ1n) is 9.07. The molecule has 1 aromatic carbocycles. The molecule has 29 heavy (non-hydrogen) atoms. The largest absolute Gasteiger partial charge is 0.497 e. The van der Waals surface area contributed by atoms with E-state index in [1.54, 1.807) is 7.11 Å². The van der Waals surface area contributed by atoms with Crippen LogP contribution in [-0.2, 0) is 22.5 Å². The highest BCUT2D eigenvalue weighted by atomic mass is 35.5. The first kappa shape index (κ1) is 23.5. The lowest BCUT2D eigenvalue weighted by atomic mass is 10.0. The molecule has 0 unspecified atom stereocenters. The number of hydrogen-bond donors (Lipinski definition) is 1. The number of amides is 1. The Balaban J connectivity index is 0.00000300. The maximum atomic E-state index is 12.5. The highest BCUT2D eigenvalue weighted by Crippen LogP contribution is 2.37. The molecule has 0 saturated carbocycles. The average Bonchev–Trinajstić information content (AvgIpc) is 3.08. The number of carbonyl (C=O) groups excluding carboxylic acids is 2. The summed E-state index contributed by atoms with van der Waals surface area (Å²) in [5, 5.41) is 3.52. The molecule has 0 saturated heterocycles. The highest BCUT2D eigenvalue weighted by Gasteiger charge is 2.28. The third-order valence-corrected chi connectivity index (χ3v) is 6.80. The van der Waals surface area contributed by atoms with Crippen LogP contribution in [0, 0.1) is 0 Å². The maximum Gasteiger partial charge on any atom is 0.341 e. The average molecular weight is 457 g/mol. The fourth-order valence-electron chi connectivity index (χ4n) is 3.12. The van der Waals surface area contributed by atoms with Crippen LogP contribution in [0.4, 0.5) is 5.00 Å². The van der Waals surface area contributed by atoms with Crippen LogP contribution in [0.3, 0.4) is 0 Å². The van der Waals surface area contributed by atoms with Crippen LogP contribution in [-0.4, -0.2) is 49.8 Å². The Labute approximate surface area is 185 Å². The Bertz CT molecular complexity index is 855. The van der Waals surface area contributed by atoms with Crippen LogP contribution < -0.4 is 10.1 Å². The predicted octanol–water partition coefficient (Wildman–Crippen LogP) is 4.07. The Morgan fingerprint density at radius 1 is 1.24 bits per heavy atom. The SMILES string of the molecule is CCN1CCc2c(sc(NC(=O)CSc3ccc(OC)cc3)c2C(=O)OC)C1.Cl. The van der Waals surface area contributed by atoms with Crippen molar-refractivity contribution < 1.29 is 19.1 Å². The monoisotopic (exact) mass is 456 g/mol. The molecule has 9 heteroatoms. The third kappa shape index (κ3) is 5.66. The van der Waals surface area contributed by atoms with E-state index in [1.807, 2.05) is 24.3 Å². The van der Waals surface area contributed by atoms with Crippen molar-refractivity contribution in [3.63, 3.8) is 0 Å². The first-order chi connectivity index (χ1) is 13.5. The normalized spacial score (nSPS) is 13.2. The number of nitrogens with zero attached hydrogens (tertiary/aromatic N) is 1. The molecule has 158 valence electrons. The second-order valence-corrected chi connectivity index (χ2v) is 8.48. The van der Waals surface area contributed by atoms with Crippen molar-refractivity contribution >= 4 is 52.4 Å². The molecule has 0 atom stereocenters. The number of esters is 1. The van der Waals surface area contributed by atoms with Gasteiger partial charge in [0.15, 0.2) is 0 Å². The second-order valence-electron chi connectivity index (χ2n) is 6.33. The molecule has 3 rings (SSSR count). The van der Waals surface area contributed by atoms with Crippen molar-refractivity contribution in [3.8, 4) is 5.75 Å². The van der Waals surface area contributed by atoms with E-state index >= 15 is 0 Å². The summed E-state index contributed by atoms with van der Waals surface area (Å²) in [4.78, 5) is 29.3. The standard InChI is InChI=1S/C20H24N2O4S2.ClH/c1-4-22-10-9-15-16(11-22)28-19(18(15)20(24)26-3)21-17(23)12-27-14-7-5-13(25-2)6-8-14;/h5-8H,4,9-12H2,1-3H3,(H,21,23);1H. The van der Waals surface area contributed by atoms with Gasteiger partial charge in [-0.25, -0.2) is 4.79 Å². The number of benzene rings is 1. The number of nitrogens with one attached hydrogen (secondary N) is 1. The number of ether oxygens (including phenoxy) is 2. The van der Waals surface area contributed by atoms with E-state index in [0.29, 0.717) is 10.6 Å². The van der Waals surface area contributed by atoms with E-state index in [0.717, 1.165) is 47.1 Å². The zero-order valence-corrected chi connectivity index (χ0v) is 19.1. The van der Waals surface area contributed by atoms with Crippen LogP contribution in [0.5, 0.6) is 5.75 Å². The van der Waals surface area contributed by atoms with Gasteiger partial charge in [-0.2, -0.15) is 0 Å². The van der Waals surface area contributed by atoms with Crippen molar-refractivity contribution in [2.24, 2.45) is 0 Å². The van der Waals surface area contributed by atoms with Gasteiger partial charge < -0.3 is 14.8 Å². The summed E-state index contributed by atoms with van der Waals surface area (Å²) in [6.07, 6.45) is 0.792. The van der Waals surface area contributed by atoms with Gasteiger partial charge >= 0.3 is 5.97 Å². The van der Waals surface area contributed by atoms with Crippen molar-refractivity contribution in [1.82, 2.24) is 4.90 Å². The number of carbonyl (C=O) groups is 2. The Morgan fingerprint density at radius 2 is 1.97 bits per heavy atom. The number of likely N-dealkylation sites (N-methyl/N-ethyl adjacent to an activating group) is 1. The molecule has 0 radical (unpaired) electrons. The van der Waals surface area contributed by atoms with Gasteiger partial charge in [0, 0.05) is 22.9 Å². The van der Waals surface area contributed by atoms with E-state index in [9.17, 15) is 9.59 Å². The lowest BCUT2D eigenvalue weighted by molar-refractivity contribution is -0.113. The van der Waals surface area contributed by atoms with Crippen LogP contribution in [0.25, 0.3) is 0 Å². The third-order valence-electron chi connectivity index (χ3n) is 4.65. The zero-order valence-electron chi connectivity index (χ0n) is 16.6. The number of rotatable bonds is 7. The molecular weight excluding hydrogens is 432 g/mol. The minimum atomic E-state index is -0.388. The summed E-state index contributed by atoms with van der Waals surface area (Å²) in [6.45, 7) is 4.80. The van der Waals surface area contributed by atoms with Gasteiger partial charge in [-0.3, -0.25) is 9.69 Å². The van der Waals surface area contributed by atoms with Crippen molar-refractivity contribution in [2.75, 3.05) is 38.4 Å². The summed E-state index contributed by atoms with van der Waals surface area (Å²) in [7, 11) is 2.99. The fraction of sp³-hybridized carbons (Fsp3) is 0.400. The Morgan fingerprint density at radius 3 is 2.59 bits per heavy atom. The minimum absolute atomic E-state index is 0. The van der Waals surface area contributed by atoms with Crippen LogP contribution >= 0.6 is 35.5 Å². The number of thiophene rings is 1. The number of anilines is 1. The number of thioether (sulfide) groups is 1. The van der Waals surface area contributed by atoms with Crippen LogP contribution in [0.15, 0.2) is 29.2 Å². The molecule has 2 aromatic rings. The van der Waals surface area contributed by atoms with E-state index in [2.05, 4.69) is 17.1 Å². The number of halogens is 1.